The van der Waals surface area contributed by atoms with Gasteiger partial charge < -0.3 is 15.2 Å². The molecule has 1 aromatic heterocycles. The van der Waals surface area contributed by atoms with E-state index < -0.39 is 0 Å². The van der Waals surface area contributed by atoms with Crippen molar-refractivity contribution in [3.63, 3.8) is 0 Å². The summed E-state index contributed by atoms with van der Waals surface area (Å²) in [6, 6.07) is 8.26. The van der Waals surface area contributed by atoms with E-state index in [9.17, 15) is 0 Å². The first-order valence-electron chi connectivity index (χ1n) is 5.30. The molecule has 1 aliphatic rings. The summed E-state index contributed by atoms with van der Waals surface area (Å²) in [4.78, 5) is 6.88. The zero-order chi connectivity index (χ0) is 10.3. The summed E-state index contributed by atoms with van der Waals surface area (Å²) in [5.41, 5.74) is 7.89. The van der Waals surface area contributed by atoms with Crippen LogP contribution in [0.1, 0.15) is 0 Å². The zero-order valence-electron chi connectivity index (χ0n) is 8.56. The minimum atomic E-state index is 0.684. The third-order valence-electron chi connectivity index (χ3n) is 2.91. The highest BCUT2D eigenvalue weighted by Crippen LogP contribution is 2.26. The molecule has 3 rings (SSSR count). The van der Waals surface area contributed by atoms with Gasteiger partial charge in [-0.3, -0.25) is 0 Å². The van der Waals surface area contributed by atoms with Gasteiger partial charge in [-0.1, -0.05) is 12.1 Å². The molecule has 0 radical (unpaired) electrons. The van der Waals surface area contributed by atoms with Crippen molar-refractivity contribution < 1.29 is 0 Å². The Balaban J connectivity index is 2.13. The molecule has 15 heavy (non-hydrogen) atoms. The first kappa shape index (κ1) is 8.73. The number of hydrogen-bond donors (Lipinski definition) is 1. The van der Waals surface area contributed by atoms with Crippen molar-refractivity contribution in [2.24, 2.45) is 5.73 Å². The normalized spacial score (nSPS) is 14.9. The van der Waals surface area contributed by atoms with Crippen molar-refractivity contribution in [1.82, 2.24) is 9.55 Å². The molecule has 0 spiro atoms. The number of anilines is 1. The lowest BCUT2D eigenvalue weighted by molar-refractivity contribution is 0.780. The van der Waals surface area contributed by atoms with Crippen LogP contribution in [0.2, 0.25) is 0 Å². The van der Waals surface area contributed by atoms with Gasteiger partial charge in [0.25, 0.3) is 0 Å². The van der Waals surface area contributed by atoms with E-state index in [2.05, 4.69) is 32.7 Å². The molecule has 2 aromatic rings. The summed E-state index contributed by atoms with van der Waals surface area (Å²) in [7, 11) is 0. The van der Waals surface area contributed by atoms with Crippen molar-refractivity contribution >= 4 is 17.0 Å². The second-order valence-corrected chi connectivity index (χ2v) is 3.83. The summed E-state index contributed by atoms with van der Waals surface area (Å²) in [5.74, 6) is 1.07. The largest absolute Gasteiger partial charge is 0.339 e. The van der Waals surface area contributed by atoms with E-state index in [0.29, 0.717) is 6.54 Å². The van der Waals surface area contributed by atoms with Crippen molar-refractivity contribution in [2.45, 2.75) is 6.54 Å². The van der Waals surface area contributed by atoms with E-state index in [1.165, 1.54) is 5.52 Å². The third kappa shape index (κ3) is 1.22. The van der Waals surface area contributed by atoms with Gasteiger partial charge in [0, 0.05) is 26.2 Å². The molecule has 4 nitrogen and oxygen atoms in total. The van der Waals surface area contributed by atoms with Crippen LogP contribution in [-0.4, -0.2) is 29.2 Å². The summed E-state index contributed by atoms with van der Waals surface area (Å²) in [6.07, 6.45) is 0. The van der Waals surface area contributed by atoms with Crippen LogP contribution in [0.15, 0.2) is 24.3 Å². The van der Waals surface area contributed by atoms with E-state index >= 15 is 0 Å². The van der Waals surface area contributed by atoms with Crippen LogP contribution in [0, 0.1) is 0 Å². The molecular formula is C11H14N4. The SMILES string of the molecule is NCCN1CCn2c1nc1ccccc12. The second kappa shape index (κ2) is 3.24. The fraction of sp³-hybridized carbons (Fsp3) is 0.364. The number of hydrogen-bond acceptors (Lipinski definition) is 3. The van der Waals surface area contributed by atoms with Gasteiger partial charge in [-0.25, -0.2) is 4.98 Å². The lowest BCUT2D eigenvalue weighted by atomic mass is 10.3. The molecule has 78 valence electrons. The lowest BCUT2D eigenvalue weighted by Crippen LogP contribution is -2.27. The van der Waals surface area contributed by atoms with E-state index in [0.717, 1.165) is 31.1 Å². The maximum absolute atomic E-state index is 5.58. The van der Waals surface area contributed by atoms with Crippen LogP contribution in [-0.2, 0) is 6.54 Å². The molecule has 0 aliphatic carbocycles. The molecule has 2 heterocycles. The Morgan fingerprint density at radius 1 is 1.27 bits per heavy atom. The number of rotatable bonds is 2. The Morgan fingerprint density at radius 2 is 2.13 bits per heavy atom. The summed E-state index contributed by atoms with van der Waals surface area (Å²) in [6.45, 7) is 3.63. The van der Waals surface area contributed by atoms with Crippen LogP contribution in [0.4, 0.5) is 5.95 Å². The molecule has 4 heteroatoms. The predicted molar refractivity (Wildman–Crippen MR) is 61.0 cm³/mol. The number of nitrogens with two attached hydrogens (primary N) is 1. The average Bonchev–Trinajstić information content (AvgIpc) is 2.79. The Kier molecular flexibility index (Phi) is 1.89. The van der Waals surface area contributed by atoms with Gasteiger partial charge in [-0.2, -0.15) is 0 Å². The minimum absolute atomic E-state index is 0.684. The highest BCUT2D eigenvalue weighted by Gasteiger charge is 2.21. The number of imidazole rings is 1. The first-order valence-corrected chi connectivity index (χ1v) is 5.30. The van der Waals surface area contributed by atoms with Crippen molar-refractivity contribution in [3.8, 4) is 0 Å². The standard InChI is InChI=1S/C11H14N4/c12-5-6-14-7-8-15-10-4-2-1-3-9(10)13-11(14)15/h1-4H,5-8,12H2. The van der Waals surface area contributed by atoms with Crippen LogP contribution >= 0.6 is 0 Å². The number of benzene rings is 1. The molecule has 1 aliphatic heterocycles. The fourth-order valence-electron chi connectivity index (χ4n) is 2.21. The number of nitrogens with zero attached hydrogens (tertiary/aromatic N) is 3. The van der Waals surface area contributed by atoms with Gasteiger partial charge in [-0.15, -0.1) is 0 Å². The van der Waals surface area contributed by atoms with Crippen LogP contribution in [0.5, 0.6) is 0 Å². The van der Waals surface area contributed by atoms with Crippen LogP contribution in [0.3, 0.4) is 0 Å². The van der Waals surface area contributed by atoms with Gasteiger partial charge in [0.15, 0.2) is 0 Å². The fourth-order valence-corrected chi connectivity index (χ4v) is 2.21. The smallest absolute Gasteiger partial charge is 0.206 e. The first-order chi connectivity index (χ1) is 7.40. The van der Waals surface area contributed by atoms with Crippen molar-refractivity contribution in [3.05, 3.63) is 24.3 Å². The number of aromatic nitrogens is 2. The molecule has 2 N–H and O–H groups in total. The molecule has 0 saturated carbocycles. The van der Waals surface area contributed by atoms with E-state index in [1.807, 2.05) is 6.07 Å². The summed E-state index contributed by atoms with van der Waals surface area (Å²) in [5, 5.41) is 0. The molecule has 0 unspecified atom stereocenters. The second-order valence-electron chi connectivity index (χ2n) is 3.83. The maximum atomic E-state index is 5.58. The van der Waals surface area contributed by atoms with E-state index in [-0.39, 0.29) is 0 Å². The number of para-hydroxylation sites is 2. The Morgan fingerprint density at radius 3 is 3.00 bits per heavy atom. The topological polar surface area (TPSA) is 47.1 Å². The maximum Gasteiger partial charge on any atom is 0.206 e. The van der Waals surface area contributed by atoms with Crippen LogP contribution in [0.25, 0.3) is 11.0 Å². The monoisotopic (exact) mass is 202 g/mol. The Bertz CT molecular complexity index is 488. The average molecular weight is 202 g/mol. The van der Waals surface area contributed by atoms with Gasteiger partial charge >= 0.3 is 0 Å². The molecule has 0 saturated heterocycles. The van der Waals surface area contributed by atoms with Crippen LogP contribution < -0.4 is 10.6 Å². The highest BCUT2D eigenvalue weighted by atomic mass is 15.4. The van der Waals surface area contributed by atoms with E-state index in [4.69, 9.17) is 5.73 Å². The zero-order valence-corrected chi connectivity index (χ0v) is 8.56. The molecule has 0 atom stereocenters. The van der Waals surface area contributed by atoms with E-state index in [1.54, 1.807) is 0 Å². The van der Waals surface area contributed by atoms with Crippen molar-refractivity contribution in [1.29, 1.82) is 0 Å². The van der Waals surface area contributed by atoms with Gasteiger partial charge in [0.05, 0.1) is 11.0 Å². The third-order valence-corrected chi connectivity index (χ3v) is 2.91. The predicted octanol–water partition coefficient (Wildman–Crippen LogP) is 0.815. The Labute approximate surface area is 88.3 Å². The summed E-state index contributed by atoms with van der Waals surface area (Å²) < 4.78 is 2.27. The quantitative estimate of drug-likeness (QED) is 0.784. The number of fused-ring (bicyclic) bond motifs is 3. The van der Waals surface area contributed by atoms with Gasteiger partial charge in [0.2, 0.25) is 5.95 Å². The van der Waals surface area contributed by atoms with Gasteiger partial charge in [-0.05, 0) is 12.1 Å². The summed E-state index contributed by atoms with van der Waals surface area (Å²) >= 11 is 0. The lowest BCUT2D eigenvalue weighted by Gasteiger charge is -2.13. The molecule has 0 amide bonds. The Hall–Kier alpha value is -1.55. The van der Waals surface area contributed by atoms with Gasteiger partial charge in [0.1, 0.15) is 0 Å². The molecule has 0 fully saturated rings. The van der Waals surface area contributed by atoms with Crippen molar-refractivity contribution in [2.75, 3.05) is 24.5 Å². The molecular weight excluding hydrogens is 188 g/mol. The highest BCUT2D eigenvalue weighted by molar-refractivity contribution is 5.79. The molecule has 1 aromatic carbocycles. The molecule has 0 bridgehead atoms. The minimum Gasteiger partial charge on any atom is -0.339 e.